The van der Waals surface area contributed by atoms with Crippen molar-refractivity contribution in [1.29, 1.82) is 0 Å². The first-order chi connectivity index (χ1) is 11.0. The van der Waals surface area contributed by atoms with Crippen LogP contribution in [-0.4, -0.2) is 59.7 Å². The Morgan fingerprint density at radius 3 is 2.57 bits per heavy atom. The van der Waals surface area contributed by atoms with Crippen LogP contribution < -0.4 is 10.2 Å². The Bertz CT molecular complexity index is 577. The number of carboxylic acid groups (broad SMARTS) is 1. The second-order valence-corrected chi connectivity index (χ2v) is 6.01. The summed E-state index contributed by atoms with van der Waals surface area (Å²) in [5.74, 6) is -0.196. The Balaban J connectivity index is 1.79. The number of urea groups is 1. The summed E-state index contributed by atoms with van der Waals surface area (Å²) in [6, 6.07) is 1.47. The third-order valence-corrected chi connectivity index (χ3v) is 3.98. The fourth-order valence-electron chi connectivity index (χ4n) is 2.31. The van der Waals surface area contributed by atoms with E-state index in [1.165, 1.54) is 0 Å². The molecule has 2 rings (SSSR count). The van der Waals surface area contributed by atoms with Crippen LogP contribution in [-0.2, 0) is 4.79 Å². The summed E-state index contributed by atoms with van der Waals surface area (Å²) < 4.78 is 0. The molecule has 1 saturated heterocycles. The van der Waals surface area contributed by atoms with Gasteiger partial charge in [0.1, 0.15) is 5.82 Å². The van der Waals surface area contributed by atoms with Crippen molar-refractivity contribution in [3.8, 4) is 0 Å². The number of hydrogen-bond donors (Lipinski definition) is 2. The van der Waals surface area contributed by atoms with E-state index in [1.54, 1.807) is 17.2 Å². The van der Waals surface area contributed by atoms with Gasteiger partial charge >= 0.3 is 12.0 Å². The van der Waals surface area contributed by atoms with Gasteiger partial charge in [-0.2, -0.15) is 0 Å². The Labute approximate surface area is 144 Å². The summed E-state index contributed by atoms with van der Waals surface area (Å²) in [6.45, 7) is 2.69. The molecule has 1 aliphatic rings. The summed E-state index contributed by atoms with van der Waals surface area (Å²) in [7, 11) is 0. The van der Waals surface area contributed by atoms with Gasteiger partial charge in [-0.3, -0.25) is 4.79 Å². The van der Waals surface area contributed by atoms with Crippen molar-refractivity contribution in [2.24, 2.45) is 0 Å². The van der Waals surface area contributed by atoms with Gasteiger partial charge in [0, 0.05) is 45.3 Å². The summed E-state index contributed by atoms with van der Waals surface area (Å²) in [5, 5.41) is 12.3. The molecule has 2 amide bonds. The molecule has 1 aliphatic heterocycles. The number of anilines is 1. The molecule has 0 aromatic carbocycles. The monoisotopic (exact) mass is 360 g/mol. The average Bonchev–Trinajstić information content (AvgIpc) is 2.51. The summed E-state index contributed by atoms with van der Waals surface area (Å²) >= 11 is 12.0. The van der Waals surface area contributed by atoms with E-state index >= 15 is 0 Å². The van der Waals surface area contributed by atoms with Gasteiger partial charge in [0.2, 0.25) is 0 Å². The Morgan fingerprint density at radius 1 is 1.26 bits per heavy atom. The van der Waals surface area contributed by atoms with E-state index in [9.17, 15) is 9.59 Å². The molecule has 0 saturated carbocycles. The second kappa shape index (κ2) is 8.21. The first-order valence-corrected chi connectivity index (χ1v) is 8.03. The lowest BCUT2D eigenvalue weighted by Gasteiger charge is -2.35. The van der Waals surface area contributed by atoms with Crippen molar-refractivity contribution in [3.63, 3.8) is 0 Å². The fourth-order valence-corrected chi connectivity index (χ4v) is 2.81. The number of pyridine rings is 1. The topological polar surface area (TPSA) is 85.8 Å². The quantitative estimate of drug-likeness (QED) is 0.785. The van der Waals surface area contributed by atoms with E-state index in [2.05, 4.69) is 10.3 Å². The van der Waals surface area contributed by atoms with Crippen LogP contribution in [0.25, 0.3) is 0 Å². The first kappa shape index (κ1) is 17.6. The zero-order chi connectivity index (χ0) is 16.8. The van der Waals surface area contributed by atoms with Crippen LogP contribution in [0.3, 0.4) is 0 Å². The number of hydrogen-bond acceptors (Lipinski definition) is 4. The van der Waals surface area contributed by atoms with E-state index in [1.807, 2.05) is 4.90 Å². The molecule has 1 aromatic rings. The molecule has 0 aliphatic carbocycles. The summed E-state index contributed by atoms with van der Waals surface area (Å²) in [6.07, 6.45) is 2.02. The molecule has 0 unspecified atom stereocenters. The van der Waals surface area contributed by atoms with E-state index in [-0.39, 0.29) is 12.5 Å². The number of carbonyl (C=O) groups is 2. The van der Waals surface area contributed by atoms with Crippen LogP contribution in [0, 0.1) is 0 Å². The minimum absolute atomic E-state index is 0.0504. The normalized spacial score (nSPS) is 14.7. The maximum absolute atomic E-state index is 12.0. The third-order valence-electron chi connectivity index (χ3n) is 3.50. The molecule has 2 N–H and O–H groups in total. The van der Waals surface area contributed by atoms with Gasteiger partial charge in [-0.15, -0.1) is 0 Å². The van der Waals surface area contributed by atoms with Crippen molar-refractivity contribution in [1.82, 2.24) is 15.2 Å². The molecule has 23 heavy (non-hydrogen) atoms. The van der Waals surface area contributed by atoms with Gasteiger partial charge in [0.15, 0.2) is 0 Å². The Morgan fingerprint density at radius 2 is 1.96 bits per heavy atom. The molecule has 7 nitrogen and oxygen atoms in total. The highest BCUT2D eigenvalue weighted by Gasteiger charge is 2.23. The maximum Gasteiger partial charge on any atom is 0.317 e. The Kier molecular flexibility index (Phi) is 6.29. The van der Waals surface area contributed by atoms with Crippen molar-refractivity contribution < 1.29 is 14.7 Å². The van der Waals surface area contributed by atoms with Gasteiger partial charge < -0.3 is 20.2 Å². The lowest BCUT2D eigenvalue weighted by atomic mass is 10.3. The number of amides is 2. The van der Waals surface area contributed by atoms with Crippen molar-refractivity contribution in [2.45, 2.75) is 12.8 Å². The molecule has 0 bridgehead atoms. The molecule has 1 aromatic heterocycles. The fraction of sp³-hybridized carbons (Fsp3) is 0.500. The van der Waals surface area contributed by atoms with E-state index in [0.29, 0.717) is 55.0 Å². The first-order valence-electron chi connectivity index (χ1n) is 7.28. The molecular weight excluding hydrogens is 343 g/mol. The zero-order valence-corrected chi connectivity index (χ0v) is 14.0. The number of piperazine rings is 1. The van der Waals surface area contributed by atoms with Crippen LogP contribution in [0.1, 0.15) is 12.8 Å². The molecule has 9 heteroatoms. The Hall–Kier alpha value is -1.73. The second-order valence-electron chi connectivity index (χ2n) is 5.16. The van der Waals surface area contributed by atoms with Crippen LogP contribution in [0.5, 0.6) is 0 Å². The number of aromatic nitrogens is 1. The smallest absolute Gasteiger partial charge is 0.317 e. The number of nitrogens with one attached hydrogen (secondary N) is 1. The van der Waals surface area contributed by atoms with Gasteiger partial charge in [0.05, 0.1) is 10.0 Å². The standard InChI is InChI=1S/C14H18Cl2N4O3/c15-10-8-11(16)13(18-9-10)19-4-6-20(7-5-19)14(23)17-3-1-2-12(21)22/h8-9H,1-7H2,(H,17,23)(H,21,22). The third kappa shape index (κ3) is 5.14. The van der Waals surface area contributed by atoms with Gasteiger partial charge in [-0.25, -0.2) is 9.78 Å². The molecule has 2 heterocycles. The van der Waals surface area contributed by atoms with E-state index in [0.717, 1.165) is 0 Å². The van der Waals surface area contributed by atoms with Crippen LogP contribution in [0.4, 0.5) is 10.6 Å². The predicted molar refractivity (Wildman–Crippen MR) is 88.3 cm³/mol. The number of halogens is 2. The highest BCUT2D eigenvalue weighted by molar-refractivity contribution is 6.36. The van der Waals surface area contributed by atoms with Gasteiger partial charge in [-0.1, -0.05) is 23.2 Å². The average molecular weight is 361 g/mol. The van der Waals surface area contributed by atoms with E-state index in [4.69, 9.17) is 28.3 Å². The molecule has 0 atom stereocenters. The number of aliphatic carboxylic acids is 1. The summed E-state index contributed by atoms with van der Waals surface area (Å²) in [5.41, 5.74) is 0. The predicted octanol–water partition coefficient (Wildman–Crippen LogP) is 2.08. The molecule has 0 radical (unpaired) electrons. The van der Waals surface area contributed by atoms with Crippen LogP contribution in [0.2, 0.25) is 10.0 Å². The minimum Gasteiger partial charge on any atom is -0.481 e. The highest BCUT2D eigenvalue weighted by Crippen LogP contribution is 2.26. The largest absolute Gasteiger partial charge is 0.481 e. The SMILES string of the molecule is O=C(O)CCCNC(=O)N1CCN(c2ncc(Cl)cc2Cl)CC1. The van der Waals surface area contributed by atoms with Crippen molar-refractivity contribution in [3.05, 3.63) is 22.3 Å². The minimum atomic E-state index is -0.861. The zero-order valence-electron chi connectivity index (χ0n) is 12.5. The molecular formula is C14H18Cl2N4O3. The van der Waals surface area contributed by atoms with Crippen LogP contribution in [0.15, 0.2) is 12.3 Å². The van der Waals surface area contributed by atoms with Gasteiger partial charge in [-0.05, 0) is 12.5 Å². The van der Waals surface area contributed by atoms with Crippen LogP contribution >= 0.6 is 23.2 Å². The van der Waals surface area contributed by atoms with E-state index < -0.39 is 5.97 Å². The number of nitrogens with zero attached hydrogens (tertiary/aromatic N) is 3. The maximum atomic E-state index is 12.0. The summed E-state index contributed by atoms with van der Waals surface area (Å²) in [4.78, 5) is 30.3. The molecule has 1 fully saturated rings. The number of rotatable bonds is 5. The lowest BCUT2D eigenvalue weighted by Crippen LogP contribution is -2.52. The number of carbonyl (C=O) groups excluding carboxylic acids is 1. The van der Waals surface area contributed by atoms with Crippen molar-refractivity contribution >= 4 is 41.0 Å². The molecule has 126 valence electrons. The number of carboxylic acids is 1. The van der Waals surface area contributed by atoms with Crippen molar-refractivity contribution in [2.75, 3.05) is 37.6 Å². The highest BCUT2D eigenvalue weighted by atomic mass is 35.5. The molecule has 0 spiro atoms. The lowest BCUT2D eigenvalue weighted by molar-refractivity contribution is -0.137. The van der Waals surface area contributed by atoms with Gasteiger partial charge in [0.25, 0.3) is 0 Å².